The Morgan fingerprint density at radius 3 is 2.67 bits per heavy atom. The summed E-state index contributed by atoms with van der Waals surface area (Å²) in [4.78, 5) is 12.1. The van der Waals surface area contributed by atoms with Crippen molar-refractivity contribution < 1.29 is 9.90 Å². The highest BCUT2D eigenvalue weighted by Crippen LogP contribution is 2.40. The fraction of sp³-hybridized carbons (Fsp3) is 0.462. The maximum atomic E-state index is 12.1. The number of carbonyl (C=O) groups excluding carboxylic acids is 1. The van der Waals surface area contributed by atoms with Crippen LogP contribution < -0.4 is 5.32 Å². The number of aliphatic hydroxyl groups is 1. The van der Waals surface area contributed by atoms with Crippen molar-refractivity contribution in [1.82, 2.24) is 5.32 Å². The van der Waals surface area contributed by atoms with Crippen LogP contribution in [0.5, 0.6) is 0 Å². The minimum absolute atomic E-state index is 0.00208. The number of aliphatic hydroxyl groups excluding tert-OH is 1. The minimum atomic E-state index is -0.353. The summed E-state index contributed by atoms with van der Waals surface area (Å²) in [6.07, 6.45) is 0.245. The van der Waals surface area contributed by atoms with Crippen LogP contribution in [0.3, 0.4) is 0 Å². The van der Waals surface area contributed by atoms with Gasteiger partial charge in [-0.3, -0.25) is 4.79 Å². The van der Waals surface area contributed by atoms with Crippen LogP contribution in [0.15, 0.2) is 22.7 Å². The van der Waals surface area contributed by atoms with Crippen molar-refractivity contribution >= 4 is 33.4 Å². The molecule has 1 aromatic rings. The fourth-order valence-electron chi connectivity index (χ4n) is 2.07. The van der Waals surface area contributed by atoms with Gasteiger partial charge in [0.05, 0.1) is 6.10 Å². The second-order valence-electron chi connectivity index (χ2n) is 5.26. The molecule has 2 N–H and O–H groups in total. The maximum absolute atomic E-state index is 12.1. The monoisotopic (exact) mass is 331 g/mol. The predicted octanol–water partition coefficient (Wildman–Crippen LogP) is 2.99. The number of hydrogen-bond donors (Lipinski definition) is 2. The van der Waals surface area contributed by atoms with E-state index in [1.54, 1.807) is 18.2 Å². The summed E-state index contributed by atoms with van der Waals surface area (Å²) < 4.78 is 0.771. The van der Waals surface area contributed by atoms with Crippen molar-refractivity contribution in [2.24, 2.45) is 5.41 Å². The number of halogens is 2. The lowest BCUT2D eigenvalue weighted by Gasteiger charge is -2.49. The van der Waals surface area contributed by atoms with Gasteiger partial charge in [0.25, 0.3) is 5.91 Å². The van der Waals surface area contributed by atoms with Crippen LogP contribution in [0.2, 0.25) is 5.02 Å². The first-order valence-electron chi connectivity index (χ1n) is 5.75. The second kappa shape index (κ2) is 4.83. The molecule has 3 nitrogen and oxygen atoms in total. The van der Waals surface area contributed by atoms with E-state index in [-0.39, 0.29) is 23.5 Å². The molecule has 1 aliphatic carbocycles. The Kier molecular flexibility index (Phi) is 3.72. The average Bonchev–Trinajstić information content (AvgIpc) is 2.27. The van der Waals surface area contributed by atoms with Gasteiger partial charge < -0.3 is 10.4 Å². The summed E-state index contributed by atoms with van der Waals surface area (Å²) in [6, 6.07) is 5.08. The van der Waals surface area contributed by atoms with Crippen LogP contribution in [-0.2, 0) is 0 Å². The van der Waals surface area contributed by atoms with Crippen molar-refractivity contribution in [3.8, 4) is 0 Å². The molecule has 0 heterocycles. The van der Waals surface area contributed by atoms with E-state index < -0.39 is 0 Å². The van der Waals surface area contributed by atoms with Gasteiger partial charge in [0.2, 0.25) is 0 Å². The molecule has 2 unspecified atom stereocenters. The lowest BCUT2D eigenvalue weighted by atomic mass is 9.64. The zero-order valence-corrected chi connectivity index (χ0v) is 12.5. The molecular weight excluding hydrogens is 318 g/mol. The van der Waals surface area contributed by atoms with Gasteiger partial charge in [0.15, 0.2) is 0 Å². The quantitative estimate of drug-likeness (QED) is 0.874. The minimum Gasteiger partial charge on any atom is -0.392 e. The molecule has 5 heteroatoms. The van der Waals surface area contributed by atoms with Crippen molar-refractivity contribution in [2.45, 2.75) is 32.4 Å². The Balaban J connectivity index is 2.09. The Morgan fingerprint density at radius 2 is 2.17 bits per heavy atom. The van der Waals surface area contributed by atoms with Crippen LogP contribution in [0.25, 0.3) is 0 Å². The van der Waals surface area contributed by atoms with Crippen molar-refractivity contribution in [2.75, 3.05) is 0 Å². The van der Waals surface area contributed by atoms with Crippen molar-refractivity contribution in [3.63, 3.8) is 0 Å². The highest BCUT2D eigenvalue weighted by molar-refractivity contribution is 9.10. The molecule has 1 saturated carbocycles. The summed E-state index contributed by atoms with van der Waals surface area (Å²) >= 11 is 9.21. The third-order valence-electron chi connectivity index (χ3n) is 3.65. The first kappa shape index (κ1) is 13.8. The first-order chi connectivity index (χ1) is 8.30. The molecule has 98 valence electrons. The Bertz CT molecular complexity index is 470. The first-order valence-corrected chi connectivity index (χ1v) is 6.93. The van der Waals surface area contributed by atoms with Crippen LogP contribution in [0, 0.1) is 5.41 Å². The summed E-state index contributed by atoms with van der Waals surface area (Å²) in [6.45, 7) is 3.89. The smallest absolute Gasteiger partial charge is 0.251 e. The van der Waals surface area contributed by atoms with E-state index in [9.17, 15) is 9.90 Å². The average molecular weight is 333 g/mol. The Labute approximate surface area is 120 Å². The highest BCUT2D eigenvalue weighted by Gasteiger charge is 2.47. The summed E-state index contributed by atoms with van der Waals surface area (Å²) in [5.74, 6) is -0.164. The molecule has 1 aromatic carbocycles. The topological polar surface area (TPSA) is 49.3 Å². The van der Waals surface area contributed by atoms with Crippen LogP contribution in [0.4, 0.5) is 0 Å². The van der Waals surface area contributed by atoms with Gasteiger partial charge in [-0.15, -0.1) is 0 Å². The normalized spacial score (nSPS) is 25.4. The molecule has 2 atom stereocenters. The van der Waals surface area contributed by atoms with E-state index in [0.717, 1.165) is 4.47 Å². The summed E-state index contributed by atoms with van der Waals surface area (Å²) in [7, 11) is 0. The molecule has 0 saturated heterocycles. The van der Waals surface area contributed by atoms with Crippen molar-refractivity contribution in [3.05, 3.63) is 33.3 Å². The van der Waals surface area contributed by atoms with Crippen LogP contribution in [0.1, 0.15) is 30.6 Å². The molecule has 0 aromatic heterocycles. The largest absolute Gasteiger partial charge is 0.392 e. The van der Waals surface area contributed by atoms with Gasteiger partial charge >= 0.3 is 0 Å². The third kappa shape index (κ3) is 2.56. The molecule has 1 amide bonds. The molecule has 0 spiro atoms. The lowest BCUT2D eigenvalue weighted by molar-refractivity contribution is -0.0689. The van der Waals surface area contributed by atoms with E-state index in [1.807, 2.05) is 13.8 Å². The number of hydrogen-bond acceptors (Lipinski definition) is 2. The number of benzene rings is 1. The number of carbonyl (C=O) groups is 1. The van der Waals surface area contributed by atoms with E-state index >= 15 is 0 Å². The van der Waals surface area contributed by atoms with Gasteiger partial charge in [-0.2, -0.15) is 0 Å². The molecule has 0 radical (unpaired) electrons. The van der Waals surface area contributed by atoms with E-state index in [0.29, 0.717) is 17.0 Å². The van der Waals surface area contributed by atoms with E-state index in [4.69, 9.17) is 11.6 Å². The maximum Gasteiger partial charge on any atom is 0.251 e. The standard InChI is InChI=1S/C13H15BrClNO2/c1-13(2)10(6-11(13)17)16-12(18)7-3-8(14)5-9(15)4-7/h3-5,10-11,17H,6H2,1-2H3,(H,16,18). The lowest BCUT2D eigenvalue weighted by Crippen LogP contribution is -2.61. The van der Waals surface area contributed by atoms with Gasteiger partial charge in [-0.25, -0.2) is 0 Å². The number of nitrogens with one attached hydrogen (secondary N) is 1. The second-order valence-corrected chi connectivity index (χ2v) is 6.61. The molecule has 18 heavy (non-hydrogen) atoms. The summed E-state index contributed by atoms with van der Waals surface area (Å²) in [5, 5.41) is 13.1. The Morgan fingerprint density at radius 1 is 1.50 bits per heavy atom. The molecule has 1 aliphatic rings. The predicted molar refractivity (Wildman–Crippen MR) is 74.8 cm³/mol. The van der Waals surface area contributed by atoms with Gasteiger partial charge in [-0.1, -0.05) is 41.4 Å². The fourth-order valence-corrected chi connectivity index (χ4v) is 2.93. The number of amides is 1. The van der Waals surface area contributed by atoms with Gasteiger partial charge in [-0.05, 0) is 24.6 Å². The molecule has 1 fully saturated rings. The molecule has 0 aliphatic heterocycles. The van der Waals surface area contributed by atoms with E-state index in [2.05, 4.69) is 21.2 Å². The van der Waals surface area contributed by atoms with Crippen LogP contribution >= 0.6 is 27.5 Å². The molecule has 0 bridgehead atoms. The molecule has 2 rings (SSSR count). The number of rotatable bonds is 2. The van der Waals surface area contributed by atoms with E-state index in [1.165, 1.54) is 0 Å². The van der Waals surface area contributed by atoms with Crippen molar-refractivity contribution in [1.29, 1.82) is 0 Å². The molecular formula is C13H15BrClNO2. The highest BCUT2D eigenvalue weighted by atomic mass is 79.9. The SMILES string of the molecule is CC1(C)C(O)CC1NC(=O)c1cc(Cl)cc(Br)c1. The third-order valence-corrected chi connectivity index (χ3v) is 4.32. The zero-order valence-electron chi connectivity index (χ0n) is 10.2. The van der Waals surface area contributed by atoms with Gasteiger partial charge in [0, 0.05) is 26.5 Å². The van der Waals surface area contributed by atoms with Gasteiger partial charge in [0.1, 0.15) is 0 Å². The zero-order chi connectivity index (χ0) is 13.5. The Hall–Kier alpha value is -0.580. The van der Waals surface area contributed by atoms with Crippen LogP contribution in [-0.4, -0.2) is 23.2 Å². The summed E-state index contributed by atoms with van der Waals surface area (Å²) in [5.41, 5.74) is 0.248.